The van der Waals surface area contributed by atoms with Gasteiger partial charge in [0.25, 0.3) is 5.91 Å². The van der Waals surface area contributed by atoms with E-state index in [2.05, 4.69) is 10.6 Å². The third-order valence-corrected chi connectivity index (χ3v) is 5.30. The van der Waals surface area contributed by atoms with Gasteiger partial charge >= 0.3 is 6.03 Å². The zero-order valence-corrected chi connectivity index (χ0v) is 16.8. The maximum absolute atomic E-state index is 12.7. The SMILES string of the molecule is COc1ccc(CNC(=O)c2cc(-c3ccc(OC)cc3)sc2NC(N)=O)cc1. The van der Waals surface area contributed by atoms with Gasteiger partial charge in [-0.2, -0.15) is 0 Å². The number of methoxy groups -OCH3 is 2. The summed E-state index contributed by atoms with van der Waals surface area (Å²) in [7, 11) is 3.20. The monoisotopic (exact) mass is 411 g/mol. The Bertz CT molecular complexity index is 998. The molecule has 3 aromatic rings. The molecule has 1 heterocycles. The van der Waals surface area contributed by atoms with Gasteiger partial charge in [0, 0.05) is 11.4 Å². The summed E-state index contributed by atoms with van der Waals surface area (Å²) in [5, 5.41) is 5.80. The van der Waals surface area contributed by atoms with Crippen LogP contribution in [0.5, 0.6) is 11.5 Å². The fourth-order valence-corrected chi connectivity index (χ4v) is 3.75. The molecular formula is C21H21N3O4S. The summed E-state index contributed by atoms with van der Waals surface area (Å²) in [5.41, 5.74) is 7.45. The van der Waals surface area contributed by atoms with Crippen molar-refractivity contribution in [2.24, 2.45) is 5.73 Å². The lowest BCUT2D eigenvalue weighted by Crippen LogP contribution is -2.25. The minimum absolute atomic E-state index is 0.305. The van der Waals surface area contributed by atoms with E-state index in [1.54, 1.807) is 20.3 Å². The van der Waals surface area contributed by atoms with E-state index in [0.717, 1.165) is 27.5 Å². The molecule has 0 saturated carbocycles. The van der Waals surface area contributed by atoms with Crippen LogP contribution in [0.4, 0.5) is 9.80 Å². The summed E-state index contributed by atoms with van der Waals surface area (Å²) in [6, 6.07) is 15.9. The number of hydrogen-bond acceptors (Lipinski definition) is 5. The number of benzene rings is 2. The van der Waals surface area contributed by atoms with Crippen molar-refractivity contribution >= 4 is 28.3 Å². The first kappa shape index (κ1) is 20.2. The molecular weight excluding hydrogens is 390 g/mol. The van der Waals surface area contributed by atoms with Crippen molar-refractivity contribution < 1.29 is 19.1 Å². The minimum Gasteiger partial charge on any atom is -0.497 e. The van der Waals surface area contributed by atoms with E-state index < -0.39 is 6.03 Å². The quantitative estimate of drug-likeness (QED) is 0.549. The number of carbonyl (C=O) groups is 2. The maximum Gasteiger partial charge on any atom is 0.317 e. The van der Waals surface area contributed by atoms with Crippen molar-refractivity contribution in [3.05, 3.63) is 65.7 Å². The highest BCUT2D eigenvalue weighted by Gasteiger charge is 2.18. The molecule has 0 aliphatic heterocycles. The van der Waals surface area contributed by atoms with Crippen LogP contribution in [0, 0.1) is 0 Å². The first-order valence-electron chi connectivity index (χ1n) is 8.76. The van der Waals surface area contributed by atoms with E-state index in [-0.39, 0.29) is 5.91 Å². The van der Waals surface area contributed by atoms with Crippen LogP contribution in [0.2, 0.25) is 0 Å². The molecule has 2 aromatic carbocycles. The first-order chi connectivity index (χ1) is 14.0. The van der Waals surface area contributed by atoms with Gasteiger partial charge in [0.05, 0.1) is 19.8 Å². The van der Waals surface area contributed by atoms with Crippen LogP contribution >= 0.6 is 11.3 Å². The Morgan fingerprint density at radius 3 is 2.10 bits per heavy atom. The van der Waals surface area contributed by atoms with Crippen LogP contribution in [-0.4, -0.2) is 26.2 Å². The van der Waals surface area contributed by atoms with Gasteiger partial charge in [-0.25, -0.2) is 4.79 Å². The van der Waals surface area contributed by atoms with Gasteiger partial charge in [-0.3, -0.25) is 10.1 Å². The number of hydrogen-bond donors (Lipinski definition) is 3. The third kappa shape index (κ3) is 5.05. The molecule has 0 unspecified atom stereocenters. The average molecular weight is 411 g/mol. The fourth-order valence-electron chi connectivity index (χ4n) is 2.68. The van der Waals surface area contributed by atoms with Crippen molar-refractivity contribution in [3.8, 4) is 21.9 Å². The first-order valence-corrected chi connectivity index (χ1v) is 9.57. The molecule has 29 heavy (non-hydrogen) atoms. The topological polar surface area (TPSA) is 103 Å². The molecule has 0 aliphatic carbocycles. The lowest BCUT2D eigenvalue weighted by molar-refractivity contribution is 0.0952. The standard InChI is InChI=1S/C21H21N3O4S/c1-27-15-7-3-13(4-8-15)12-23-19(25)17-11-18(29-20(17)24-21(22)26)14-5-9-16(28-2)10-6-14/h3-11H,12H2,1-2H3,(H,23,25)(H3,22,24,26). The molecule has 4 N–H and O–H groups in total. The van der Waals surface area contributed by atoms with Crippen molar-refractivity contribution in [3.63, 3.8) is 0 Å². The van der Waals surface area contributed by atoms with Gasteiger partial charge in [0.2, 0.25) is 0 Å². The number of anilines is 1. The third-order valence-electron chi connectivity index (χ3n) is 4.20. The highest BCUT2D eigenvalue weighted by molar-refractivity contribution is 7.20. The van der Waals surface area contributed by atoms with Crippen LogP contribution in [0.1, 0.15) is 15.9 Å². The Hall–Kier alpha value is -3.52. The molecule has 8 heteroatoms. The zero-order chi connectivity index (χ0) is 20.8. The fraction of sp³-hybridized carbons (Fsp3) is 0.143. The van der Waals surface area contributed by atoms with Crippen molar-refractivity contribution in [2.75, 3.05) is 19.5 Å². The second-order valence-electron chi connectivity index (χ2n) is 6.10. The summed E-state index contributed by atoms with van der Waals surface area (Å²) in [4.78, 5) is 24.9. The molecule has 0 atom stereocenters. The normalized spacial score (nSPS) is 10.3. The van der Waals surface area contributed by atoms with Gasteiger partial charge in [-0.05, 0) is 53.6 Å². The molecule has 0 fully saturated rings. The van der Waals surface area contributed by atoms with E-state index in [9.17, 15) is 9.59 Å². The van der Waals surface area contributed by atoms with Crippen LogP contribution in [0.15, 0.2) is 54.6 Å². The van der Waals surface area contributed by atoms with E-state index in [1.165, 1.54) is 11.3 Å². The highest BCUT2D eigenvalue weighted by Crippen LogP contribution is 2.36. The number of nitrogens with two attached hydrogens (primary N) is 1. The largest absolute Gasteiger partial charge is 0.497 e. The number of thiophene rings is 1. The molecule has 7 nitrogen and oxygen atoms in total. The molecule has 0 radical (unpaired) electrons. The smallest absolute Gasteiger partial charge is 0.317 e. The molecule has 0 aliphatic rings. The summed E-state index contributed by atoms with van der Waals surface area (Å²) < 4.78 is 10.3. The number of amides is 3. The summed E-state index contributed by atoms with van der Waals surface area (Å²) >= 11 is 1.28. The molecule has 3 amide bonds. The van der Waals surface area contributed by atoms with Crippen molar-refractivity contribution in [1.29, 1.82) is 0 Å². The van der Waals surface area contributed by atoms with Gasteiger partial charge in [-0.1, -0.05) is 12.1 Å². The van der Waals surface area contributed by atoms with Crippen molar-refractivity contribution in [2.45, 2.75) is 6.54 Å². The molecule has 0 spiro atoms. The second-order valence-corrected chi connectivity index (χ2v) is 7.15. The number of rotatable bonds is 7. The van der Waals surface area contributed by atoms with E-state index in [0.29, 0.717) is 17.1 Å². The lowest BCUT2D eigenvalue weighted by atomic mass is 10.1. The van der Waals surface area contributed by atoms with Gasteiger partial charge < -0.3 is 20.5 Å². The van der Waals surface area contributed by atoms with E-state index in [4.69, 9.17) is 15.2 Å². The Kier molecular flexibility index (Phi) is 6.36. The molecule has 0 bridgehead atoms. The Labute approximate surface area is 172 Å². The van der Waals surface area contributed by atoms with Gasteiger partial charge in [0.1, 0.15) is 16.5 Å². The molecule has 0 saturated heterocycles. The number of ether oxygens (including phenoxy) is 2. The Morgan fingerprint density at radius 2 is 1.55 bits per heavy atom. The molecule has 1 aromatic heterocycles. The van der Waals surface area contributed by atoms with Crippen LogP contribution < -0.4 is 25.8 Å². The summed E-state index contributed by atoms with van der Waals surface area (Å²) in [6.07, 6.45) is 0. The zero-order valence-electron chi connectivity index (χ0n) is 16.0. The van der Waals surface area contributed by atoms with Crippen LogP contribution in [0.3, 0.4) is 0 Å². The Morgan fingerprint density at radius 1 is 0.966 bits per heavy atom. The summed E-state index contributed by atoms with van der Waals surface area (Å²) in [6.45, 7) is 0.340. The second kappa shape index (κ2) is 9.11. The number of urea groups is 1. The molecule has 150 valence electrons. The van der Waals surface area contributed by atoms with E-state index in [1.807, 2.05) is 48.5 Å². The van der Waals surface area contributed by atoms with Crippen LogP contribution in [0.25, 0.3) is 10.4 Å². The number of carbonyl (C=O) groups excluding carboxylic acids is 2. The minimum atomic E-state index is -0.725. The van der Waals surface area contributed by atoms with Gasteiger partial charge in [0.15, 0.2) is 0 Å². The molecule has 3 rings (SSSR count). The predicted molar refractivity (Wildman–Crippen MR) is 114 cm³/mol. The predicted octanol–water partition coefficient (Wildman–Crippen LogP) is 3.85. The van der Waals surface area contributed by atoms with Crippen molar-refractivity contribution in [1.82, 2.24) is 5.32 Å². The van der Waals surface area contributed by atoms with Gasteiger partial charge in [-0.15, -0.1) is 11.3 Å². The number of primary amides is 1. The Balaban J connectivity index is 1.80. The van der Waals surface area contributed by atoms with E-state index >= 15 is 0 Å². The maximum atomic E-state index is 12.7. The number of nitrogens with one attached hydrogen (secondary N) is 2. The summed E-state index contributed by atoms with van der Waals surface area (Å²) in [5.74, 6) is 1.17. The highest BCUT2D eigenvalue weighted by atomic mass is 32.1. The lowest BCUT2D eigenvalue weighted by Gasteiger charge is -2.07. The average Bonchev–Trinajstić information content (AvgIpc) is 3.15. The van der Waals surface area contributed by atoms with Crippen LogP contribution in [-0.2, 0) is 6.54 Å².